The lowest BCUT2D eigenvalue weighted by Crippen LogP contribution is -2.39. The van der Waals surface area contributed by atoms with E-state index in [4.69, 9.17) is 9.47 Å². The molecule has 1 aliphatic heterocycles. The van der Waals surface area contributed by atoms with Crippen LogP contribution in [0, 0.1) is 6.92 Å². The number of hydrogen-bond donors (Lipinski definition) is 1. The number of ether oxygens (including phenoxy) is 2. The molecule has 2 aromatic carbocycles. The van der Waals surface area contributed by atoms with Crippen LogP contribution in [-0.4, -0.2) is 31.6 Å². The van der Waals surface area contributed by atoms with Gasteiger partial charge in [-0.25, -0.2) is 0 Å². The normalized spacial score (nSPS) is 13.0. The summed E-state index contributed by atoms with van der Waals surface area (Å²) in [7, 11) is 0. The van der Waals surface area contributed by atoms with Crippen LogP contribution in [0.4, 0.5) is 11.4 Å². The van der Waals surface area contributed by atoms with Gasteiger partial charge in [-0.3, -0.25) is 9.59 Å². The molecule has 0 aliphatic carbocycles. The van der Waals surface area contributed by atoms with Gasteiger partial charge in [-0.15, -0.1) is 0 Å². The molecule has 0 aromatic heterocycles. The highest BCUT2D eigenvalue weighted by atomic mass is 16.5. The van der Waals surface area contributed by atoms with E-state index in [0.717, 1.165) is 12.0 Å². The van der Waals surface area contributed by atoms with Gasteiger partial charge in [0, 0.05) is 12.2 Å². The van der Waals surface area contributed by atoms with Gasteiger partial charge in [-0.2, -0.15) is 0 Å². The molecule has 0 bridgehead atoms. The highest BCUT2D eigenvalue weighted by Gasteiger charge is 2.25. The summed E-state index contributed by atoms with van der Waals surface area (Å²) < 4.78 is 10.9. The Hall–Kier alpha value is -3.02. The number of hydrogen-bond acceptors (Lipinski definition) is 4. The van der Waals surface area contributed by atoms with Crippen molar-refractivity contribution in [2.24, 2.45) is 0 Å². The first kappa shape index (κ1) is 17.8. The van der Waals surface area contributed by atoms with Gasteiger partial charge in [0.2, 0.25) is 0 Å². The fraction of sp³-hybridized carbons (Fsp3) is 0.300. The number of amides is 2. The zero-order valence-corrected chi connectivity index (χ0v) is 15.0. The van der Waals surface area contributed by atoms with Crippen molar-refractivity contribution < 1.29 is 19.1 Å². The molecule has 3 rings (SSSR count). The topological polar surface area (TPSA) is 67.9 Å². The summed E-state index contributed by atoms with van der Waals surface area (Å²) in [6.45, 7) is 4.57. The Balaban J connectivity index is 1.65. The average Bonchev–Trinajstić information content (AvgIpc) is 2.64. The standard InChI is InChI=1S/C20H22N2O4/c1-3-10-22-17-11-15(6-9-18(17)26-13-20(22)24)21-19(23)12-25-16-7-4-14(2)5-8-16/h4-9,11H,3,10,12-13H2,1-2H3,(H,21,23). The maximum atomic E-state index is 12.1. The van der Waals surface area contributed by atoms with E-state index in [0.29, 0.717) is 29.4 Å². The van der Waals surface area contributed by atoms with E-state index in [9.17, 15) is 9.59 Å². The van der Waals surface area contributed by atoms with Crippen LogP contribution in [-0.2, 0) is 9.59 Å². The van der Waals surface area contributed by atoms with Gasteiger partial charge in [0.05, 0.1) is 5.69 Å². The summed E-state index contributed by atoms with van der Waals surface area (Å²) in [5.74, 6) is 0.942. The van der Waals surface area contributed by atoms with Crippen LogP contribution in [0.1, 0.15) is 18.9 Å². The van der Waals surface area contributed by atoms with Gasteiger partial charge >= 0.3 is 0 Å². The molecule has 2 amide bonds. The third kappa shape index (κ3) is 4.14. The molecule has 0 radical (unpaired) electrons. The highest BCUT2D eigenvalue weighted by Crippen LogP contribution is 2.34. The maximum absolute atomic E-state index is 12.1. The molecule has 0 spiro atoms. The first-order chi connectivity index (χ1) is 12.6. The van der Waals surface area contributed by atoms with Crippen LogP contribution in [0.5, 0.6) is 11.5 Å². The molecule has 0 unspecified atom stereocenters. The third-order valence-electron chi connectivity index (χ3n) is 4.02. The molecule has 0 atom stereocenters. The minimum atomic E-state index is -0.268. The molecule has 0 saturated heterocycles. The molecular formula is C20H22N2O4. The van der Waals surface area contributed by atoms with E-state index in [1.807, 2.05) is 38.1 Å². The Morgan fingerprint density at radius 3 is 2.73 bits per heavy atom. The number of carbonyl (C=O) groups excluding carboxylic acids is 2. The van der Waals surface area contributed by atoms with Gasteiger partial charge in [-0.1, -0.05) is 24.6 Å². The quantitative estimate of drug-likeness (QED) is 0.865. The van der Waals surface area contributed by atoms with Gasteiger partial charge in [0.1, 0.15) is 11.5 Å². The summed E-state index contributed by atoms with van der Waals surface area (Å²) in [6, 6.07) is 12.8. The second-order valence-electron chi connectivity index (χ2n) is 6.17. The van der Waals surface area contributed by atoms with Crippen molar-refractivity contribution in [3.05, 3.63) is 48.0 Å². The van der Waals surface area contributed by atoms with Crippen molar-refractivity contribution in [1.29, 1.82) is 0 Å². The van der Waals surface area contributed by atoms with Crippen molar-refractivity contribution in [3.8, 4) is 11.5 Å². The lowest BCUT2D eigenvalue weighted by atomic mass is 10.2. The number of aryl methyl sites for hydroxylation is 1. The van der Waals surface area contributed by atoms with E-state index in [-0.39, 0.29) is 25.0 Å². The molecule has 6 nitrogen and oxygen atoms in total. The molecule has 0 saturated carbocycles. The summed E-state index contributed by atoms with van der Waals surface area (Å²) >= 11 is 0. The second kappa shape index (κ2) is 7.91. The number of fused-ring (bicyclic) bond motifs is 1. The molecule has 1 aliphatic rings. The average molecular weight is 354 g/mol. The Morgan fingerprint density at radius 1 is 1.23 bits per heavy atom. The van der Waals surface area contributed by atoms with Gasteiger partial charge in [0.25, 0.3) is 11.8 Å². The minimum absolute atomic E-state index is 0.0447. The van der Waals surface area contributed by atoms with Crippen LogP contribution < -0.4 is 19.7 Å². The van der Waals surface area contributed by atoms with Crippen molar-refractivity contribution in [3.63, 3.8) is 0 Å². The van der Waals surface area contributed by atoms with Crippen molar-refractivity contribution in [2.75, 3.05) is 30.0 Å². The largest absolute Gasteiger partial charge is 0.484 e. The zero-order valence-electron chi connectivity index (χ0n) is 15.0. The highest BCUT2D eigenvalue weighted by molar-refractivity contribution is 5.99. The smallest absolute Gasteiger partial charge is 0.265 e. The maximum Gasteiger partial charge on any atom is 0.265 e. The van der Waals surface area contributed by atoms with E-state index < -0.39 is 0 Å². The lowest BCUT2D eigenvalue weighted by molar-refractivity contribution is -0.121. The van der Waals surface area contributed by atoms with Crippen molar-refractivity contribution in [1.82, 2.24) is 0 Å². The van der Waals surface area contributed by atoms with E-state index in [1.165, 1.54) is 0 Å². The molecule has 1 N–H and O–H groups in total. The minimum Gasteiger partial charge on any atom is -0.484 e. The Morgan fingerprint density at radius 2 is 2.00 bits per heavy atom. The van der Waals surface area contributed by atoms with E-state index in [2.05, 4.69) is 5.32 Å². The Bertz CT molecular complexity index is 802. The fourth-order valence-electron chi connectivity index (χ4n) is 2.73. The monoisotopic (exact) mass is 354 g/mol. The van der Waals surface area contributed by atoms with Crippen molar-refractivity contribution in [2.45, 2.75) is 20.3 Å². The Kier molecular flexibility index (Phi) is 5.41. The SMILES string of the molecule is CCCN1C(=O)COc2ccc(NC(=O)COc3ccc(C)cc3)cc21. The molecular weight excluding hydrogens is 332 g/mol. The van der Waals surface area contributed by atoms with Crippen LogP contribution in [0.3, 0.4) is 0 Å². The molecule has 6 heteroatoms. The number of anilines is 2. The van der Waals surface area contributed by atoms with Crippen LogP contribution in [0.25, 0.3) is 0 Å². The predicted molar refractivity (Wildman–Crippen MR) is 99.9 cm³/mol. The first-order valence-electron chi connectivity index (χ1n) is 8.63. The number of benzene rings is 2. The Labute approximate surface area is 152 Å². The van der Waals surface area contributed by atoms with E-state index >= 15 is 0 Å². The van der Waals surface area contributed by atoms with Crippen LogP contribution >= 0.6 is 0 Å². The molecule has 26 heavy (non-hydrogen) atoms. The molecule has 136 valence electrons. The zero-order chi connectivity index (χ0) is 18.5. The number of rotatable bonds is 6. The number of nitrogens with zero attached hydrogens (tertiary/aromatic N) is 1. The first-order valence-corrected chi connectivity index (χ1v) is 8.63. The summed E-state index contributed by atoms with van der Waals surface area (Å²) in [4.78, 5) is 25.9. The van der Waals surface area contributed by atoms with E-state index in [1.54, 1.807) is 23.1 Å². The van der Waals surface area contributed by atoms with Crippen molar-refractivity contribution >= 4 is 23.2 Å². The summed E-state index contributed by atoms with van der Waals surface area (Å²) in [5.41, 5.74) is 2.41. The van der Waals surface area contributed by atoms with Gasteiger partial charge < -0.3 is 19.7 Å². The molecule has 1 heterocycles. The summed E-state index contributed by atoms with van der Waals surface area (Å²) in [5, 5.41) is 2.79. The third-order valence-corrected chi connectivity index (χ3v) is 4.02. The molecule has 2 aromatic rings. The fourth-order valence-corrected chi connectivity index (χ4v) is 2.73. The van der Waals surface area contributed by atoms with Crippen LogP contribution in [0.2, 0.25) is 0 Å². The number of carbonyl (C=O) groups is 2. The predicted octanol–water partition coefficient (Wildman–Crippen LogP) is 3.15. The number of nitrogens with one attached hydrogen (secondary N) is 1. The van der Waals surface area contributed by atoms with Gasteiger partial charge in [-0.05, 0) is 43.7 Å². The van der Waals surface area contributed by atoms with Crippen LogP contribution in [0.15, 0.2) is 42.5 Å². The molecule has 0 fully saturated rings. The van der Waals surface area contributed by atoms with Gasteiger partial charge in [0.15, 0.2) is 13.2 Å². The summed E-state index contributed by atoms with van der Waals surface area (Å²) in [6.07, 6.45) is 0.839. The lowest BCUT2D eigenvalue weighted by Gasteiger charge is -2.29. The second-order valence-corrected chi connectivity index (χ2v) is 6.17.